The Morgan fingerprint density at radius 2 is 2.06 bits per heavy atom. The number of hydrogen-bond donors (Lipinski definition) is 0. The minimum Gasteiger partial charge on any atom is -0.469 e. The summed E-state index contributed by atoms with van der Waals surface area (Å²) in [7, 11) is 3.35. The van der Waals surface area contributed by atoms with E-state index in [4.69, 9.17) is 0 Å². The van der Waals surface area contributed by atoms with E-state index in [1.54, 1.807) is 0 Å². The summed E-state index contributed by atoms with van der Waals surface area (Å²) < 4.78 is 4.69. The Labute approximate surface area is 109 Å². The molecule has 0 N–H and O–H groups in total. The molecule has 3 heteroatoms. The zero-order valence-electron chi connectivity index (χ0n) is 11.1. The van der Waals surface area contributed by atoms with Crippen LogP contribution in [0.1, 0.15) is 12.5 Å². The predicted molar refractivity (Wildman–Crippen MR) is 72.0 cm³/mol. The number of methoxy groups -OCH3 is 1. The fourth-order valence-corrected chi connectivity index (χ4v) is 1.61. The molecule has 1 atom stereocenters. The minimum atomic E-state index is -0.183. The van der Waals surface area contributed by atoms with Gasteiger partial charge in [-0.1, -0.05) is 37.0 Å². The van der Waals surface area contributed by atoms with Gasteiger partial charge >= 0.3 is 5.97 Å². The highest BCUT2D eigenvalue weighted by atomic mass is 16.5. The van der Waals surface area contributed by atoms with E-state index in [0.29, 0.717) is 13.1 Å². The van der Waals surface area contributed by atoms with Gasteiger partial charge in [-0.05, 0) is 19.2 Å². The molecule has 0 bridgehead atoms. The number of esters is 1. The lowest BCUT2D eigenvalue weighted by molar-refractivity contribution is -0.145. The van der Waals surface area contributed by atoms with Gasteiger partial charge in [-0.2, -0.15) is 0 Å². The number of rotatable bonds is 4. The molecule has 0 saturated heterocycles. The summed E-state index contributed by atoms with van der Waals surface area (Å²) in [6.07, 6.45) is 0. The standard InChI is InChI=1S/C15H19NO2/c1-13(15(17)18-3)12-16(2)11-7-10-14-8-5-4-6-9-14/h4-6,8-9,13H,11-12H2,1-3H3. The summed E-state index contributed by atoms with van der Waals surface area (Å²) in [5, 5.41) is 0. The highest BCUT2D eigenvalue weighted by Gasteiger charge is 2.14. The lowest BCUT2D eigenvalue weighted by atomic mass is 10.2. The molecule has 1 aromatic carbocycles. The van der Waals surface area contributed by atoms with Crippen molar-refractivity contribution in [3.05, 3.63) is 35.9 Å². The first-order chi connectivity index (χ1) is 8.63. The Morgan fingerprint density at radius 1 is 1.39 bits per heavy atom. The quantitative estimate of drug-likeness (QED) is 0.598. The second-order valence-electron chi connectivity index (χ2n) is 4.29. The Hall–Kier alpha value is -1.79. The van der Waals surface area contributed by atoms with Crippen LogP contribution in [0.5, 0.6) is 0 Å². The first-order valence-corrected chi connectivity index (χ1v) is 5.93. The SMILES string of the molecule is COC(=O)C(C)CN(C)CC#Cc1ccccc1. The fourth-order valence-electron chi connectivity index (χ4n) is 1.61. The van der Waals surface area contributed by atoms with E-state index in [1.807, 2.05) is 49.2 Å². The Morgan fingerprint density at radius 3 is 2.67 bits per heavy atom. The summed E-state index contributed by atoms with van der Waals surface area (Å²) in [5.41, 5.74) is 1.01. The highest BCUT2D eigenvalue weighted by Crippen LogP contribution is 2.00. The van der Waals surface area contributed by atoms with Crippen LogP contribution in [-0.2, 0) is 9.53 Å². The van der Waals surface area contributed by atoms with Gasteiger partial charge in [0, 0.05) is 12.1 Å². The number of nitrogens with zero attached hydrogens (tertiary/aromatic N) is 1. The molecule has 0 saturated carbocycles. The maximum absolute atomic E-state index is 11.3. The van der Waals surface area contributed by atoms with Crippen LogP contribution in [0.25, 0.3) is 0 Å². The average molecular weight is 245 g/mol. The first kappa shape index (κ1) is 14.3. The highest BCUT2D eigenvalue weighted by molar-refractivity contribution is 5.72. The van der Waals surface area contributed by atoms with E-state index in [0.717, 1.165) is 5.56 Å². The number of carbonyl (C=O) groups excluding carboxylic acids is 1. The van der Waals surface area contributed by atoms with Crippen molar-refractivity contribution in [3.63, 3.8) is 0 Å². The van der Waals surface area contributed by atoms with Gasteiger partial charge in [0.15, 0.2) is 0 Å². The van der Waals surface area contributed by atoms with Gasteiger partial charge in [0.2, 0.25) is 0 Å². The topological polar surface area (TPSA) is 29.5 Å². The maximum Gasteiger partial charge on any atom is 0.309 e. The van der Waals surface area contributed by atoms with Crippen LogP contribution in [0.4, 0.5) is 0 Å². The monoisotopic (exact) mass is 245 g/mol. The van der Waals surface area contributed by atoms with Crippen LogP contribution >= 0.6 is 0 Å². The molecule has 1 rings (SSSR count). The summed E-state index contributed by atoms with van der Waals surface area (Å²) >= 11 is 0. The van der Waals surface area contributed by atoms with Crippen molar-refractivity contribution in [2.75, 3.05) is 27.2 Å². The molecule has 0 amide bonds. The van der Waals surface area contributed by atoms with E-state index in [9.17, 15) is 4.79 Å². The summed E-state index contributed by atoms with van der Waals surface area (Å²) in [6.45, 7) is 3.14. The van der Waals surface area contributed by atoms with Crippen molar-refractivity contribution in [2.45, 2.75) is 6.92 Å². The maximum atomic E-state index is 11.3. The molecule has 0 spiro atoms. The van der Waals surface area contributed by atoms with Crippen molar-refractivity contribution >= 4 is 5.97 Å². The molecule has 1 aromatic rings. The van der Waals surface area contributed by atoms with Gasteiger partial charge in [-0.3, -0.25) is 9.69 Å². The van der Waals surface area contributed by atoms with Crippen LogP contribution in [0.3, 0.4) is 0 Å². The molecular weight excluding hydrogens is 226 g/mol. The van der Waals surface area contributed by atoms with E-state index in [2.05, 4.69) is 16.6 Å². The minimum absolute atomic E-state index is 0.126. The molecule has 1 unspecified atom stereocenters. The van der Waals surface area contributed by atoms with Crippen LogP contribution in [0, 0.1) is 17.8 Å². The smallest absolute Gasteiger partial charge is 0.309 e. The summed E-state index contributed by atoms with van der Waals surface area (Å²) in [4.78, 5) is 13.3. The first-order valence-electron chi connectivity index (χ1n) is 5.93. The Bertz CT molecular complexity index is 431. The van der Waals surface area contributed by atoms with Crippen molar-refractivity contribution in [3.8, 4) is 11.8 Å². The molecule has 0 aliphatic rings. The zero-order valence-corrected chi connectivity index (χ0v) is 11.1. The zero-order chi connectivity index (χ0) is 13.4. The molecule has 0 aromatic heterocycles. The lowest BCUT2D eigenvalue weighted by Gasteiger charge is -2.17. The molecule has 0 heterocycles. The second-order valence-corrected chi connectivity index (χ2v) is 4.29. The third kappa shape index (κ3) is 5.03. The van der Waals surface area contributed by atoms with Crippen molar-refractivity contribution in [1.82, 2.24) is 4.90 Å². The van der Waals surface area contributed by atoms with Gasteiger partial charge in [0.1, 0.15) is 0 Å². The van der Waals surface area contributed by atoms with E-state index in [-0.39, 0.29) is 11.9 Å². The van der Waals surface area contributed by atoms with E-state index >= 15 is 0 Å². The van der Waals surface area contributed by atoms with Crippen LogP contribution in [-0.4, -0.2) is 38.1 Å². The number of ether oxygens (including phenoxy) is 1. The van der Waals surface area contributed by atoms with Gasteiger partial charge in [-0.15, -0.1) is 0 Å². The van der Waals surface area contributed by atoms with Crippen LogP contribution < -0.4 is 0 Å². The van der Waals surface area contributed by atoms with Gasteiger partial charge in [0.05, 0.1) is 19.6 Å². The number of benzene rings is 1. The molecular formula is C15H19NO2. The molecule has 3 nitrogen and oxygen atoms in total. The predicted octanol–water partition coefficient (Wildman–Crippen LogP) is 1.78. The van der Waals surface area contributed by atoms with Crippen molar-refractivity contribution < 1.29 is 9.53 Å². The molecule has 0 aliphatic heterocycles. The van der Waals surface area contributed by atoms with E-state index < -0.39 is 0 Å². The van der Waals surface area contributed by atoms with Crippen LogP contribution in [0.2, 0.25) is 0 Å². The van der Waals surface area contributed by atoms with E-state index in [1.165, 1.54) is 7.11 Å². The normalized spacial score (nSPS) is 11.6. The third-order valence-corrected chi connectivity index (χ3v) is 2.54. The average Bonchev–Trinajstić information content (AvgIpc) is 2.38. The van der Waals surface area contributed by atoms with Gasteiger partial charge in [-0.25, -0.2) is 0 Å². The second kappa shape index (κ2) is 7.52. The summed E-state index contributed by atoms with van der Waals surface area (Å²) in [5.74, 6) is 5.86. The Kier molecular flexibility index (Phi) is 5.96. The molecule has 96 valence electrons. The number of carbonyl (C=O) groups is 1. The third-order valence-electron chi connectivity index (χ3n) is 2.54. The summed E-state index contributed by atoms with van der Waals surface area (Å²) in [6, 6.07) is 9.85. The Balaban J connectivity index is 2.40. The molecule has 0 aliphatic carbocycles. The van der Waals surface area contributed by atoms with Gasteiger partial charge in [0.25, 0.3) is 0 Å². The van der Waals surface area contributed by atoms with Crippen molar-refractivity contribution in [1.29, 1.82) is 0 Å². The number of hydrogen-bond acceptors (Lipinski definition) is 3. The molecule has 0 fully saturated rings. The van der Waals surface area contributed by atoms with Crippen LogP contribution in [0.15, 0.2) is 30.3 Å². The molecule has 18 heavy (non-hydrogen) atoms. The molecule has 0 radical (unpaired) electrons. The van der Waals surface area contributed by atoms with Gasteiger partial charge < -0.3 is 4.74 Å². The lowest BCUT2D eigenvalue weighted by Crippen LogP contribution is -2.29. The van der Waals surface area contributed by atoms with Crippen molar-refractivity contribution in [2.24, 2.45) is 5.92 Å². The largest absolute Gasteiger partial charge is 0.469 e. The fraction of sp³-hybridized carbons (Fsp3) is 0.400.